The molecule has 94 valence electrons. The number of anilines is 1. The van der Waals surface area contributed by atoms with Crippen molar-refractivity contribution in [2.24, 2.45) is 0 Å². The fourth-order valence-electron chi connectivity index (χ4n) is 1.64. The fourth-order valence-corrected chi connectivity index (χ4v) is 1.83. The monoisotopic (exact) mass is 253 g/mol. The summed E-state index contributed by atoms with van der Waals surface area (Å²) in [5.74, 6) is 0.779. The highest BCUT2D eigenvalue weighted by Gasteiger charge is 2.09. The molecule has 1 aromatic carbocycles. The van der Waals surface area contributed by atoms with Crippen molar-refractivity contribution in [1.82, 2.24) is 0 Å². The van der Waals surface area contributed by atoms with Crippen LogP contribution in [0.1, 0.15) is 31.7 Å². The molecule has 0 aliphatic rings. The van der Waals surface area contributed by atoms with Crippen LogP contribution >= 0.6 is 11.6 Å². The average Bonchev–Trinajstić information content (AvgIpc) is 2.38. The lowest BCUT2D eigenvalue weighted by Crippen LogP contribution is -2.25. The SMILES string of the molecule is CCc1ccc(N(C)C(=O)CCCCCl)cc1. The minimum absolute atomic E-state index is 0.152. The van der Waals surface area contributed by atoms with Crippen LogP contribution in [0.5, 0.6) is 0 Å². The van der Waals surface area contributed by atoms with Gasteiger partial charge in [0.15, 0.2) is 0 Å². The van der Waals surface area contributed by atoms with Crippen LogP contribution in [0.3, 0.4) is 0 Å². The number of nitrogens with zero attached hydrogens (tertiary/aromatic N) is 1. The Morgan fingerprint density at radius 2 is 1.88 bits per heavy atom. The van der Waals surface area contributed by atoms with E-state index in [0.717, 1.165) is 24.9 Å². The lowest BCUT2D eigenvalue weighted by atomic mass is 10.1. The molecule has 17 heavy (non-hydrogen) atoms. The molecule has 0 spiro atoms. The average molecular weight is 254 g/mol. The van der Waals surface area contributed by atoms with Gasteiger partial charge in [-0.3, -0.25) is 4.79 Å². The number of hydrogen-bond acceptors (Lipinski definition) is 1. The number of carbonyl (C=O) groups is 1. The Balaban J connectivity index is 2.55. The zero-order chi connectivity index (χ0) is 12.7. The molecule has 0 saturated heterocycles. The molecule has 0 atom stereocenters. The van der Waals surface area contributed by atoms with E-state index in [1.54, 1.807) is 4.90 Å². The number of benzene rings is 1. The van der Waals surface area contributed by atoms with E-state index in [9.17, 15) is 4.79 Å². The molecule has 0 unspecified atom stereocenters. The summed E-state index contributed by atoms with van der Waals surface area (Å²) in [5.41, 5.74) is 2.25. The van der Waals surface area contributed by atoms with Gasteiger partial charge in [-0.05, 0) is 37.0 Å². The molecule has 0 bridgehead atoms. The maximum atomic E-state index is 11.9. The smallest absolute Gasteiger partial charge is 0.226 e. The van der Waals surface area contributed by atoms with Crippen molar-refractivity contribution in [3.8, 4) is 0 Å². The fraction of sp³-hybridized carbons (Fsp3) is 0.500. The van der Waals surface area contributed by atoms with E-state index >= 15 is 0 Å². The second kappa shape index (κ2) is 7.33. The molecule has 2 nitrogen and oxygen atoms in total. The zero-order valence-electron chi connectivity index (χ0n) is 10.6. The highest BCUT2D eigenvalue weighted by atomic mass is 35.5. The Bertz CT molecular complexity index is 348. The third-order valence-electron chi connectivity index (χ3n) is 2.88. The summed E-state index contributed by atoms with van der Waals surface area (Å²) >= 11 is 5.59. The van der Waals surface area contributed by atoms with Crippen molar-refractivity contribution in [3.05, 3.63) is 29.8 Å². The molecule has 3 heteroatoms. The predicted molar refractivity (Wildman–Crippen MR) is 73.8 cm³/mol. The summed E-state index contributed by atoms with van der Waals surface area (Å²) in [6.45, 7) is 2.12. The summed E-state index contributed by atoms with van der Waals surface area (Å²) in [7, 11) is 1.82. The maximum absolute atomic E-state index is 11.9. The predicted octanol–water partition coefficient (Wildman–Crippen LogP) is 3.62. The van der Waals surface area contributed by atoms with Gasteiger partial charge in [0.05, 0.1) is 0 Å². The molecule has 0 aromatic heterocycles. The minimum Gasteiger partial charge on any atom is -0.316 e. The summed E-state index contributed by atoms with van der Waals surface area (Å²) in [6, 6.07) is 8.13. The van der Waals surface area contributed by atoms with Gasteiger partial charge in [0.25, 0.3) is 0 Å². The van der Waals surface area contributed by atoms with Gasteiger partial charge in [-0.25, -0.2) is 0 Å². The molecular formula is C14H20ClNO. The molecule has 0 radical (unpaired) electrons. The largest absolute Gasteiger partial charge is 0.316 e. The van der Waals surface area contributed by atoms with Crippen molar-refractivity contribution in [2.75, 3.05) is 17.8 Å². The van der Waals surface area contributed by atoms with Crippen LogP contribution in [0.4, 0.5) is 5.69 Å². The van der Waals surface area contributed by atoms with E-state index in [4.69, 9.17) is 11.6 Å². The molecule has 0 aliphatic heterocycles. The molecule has 0 aliphatic carbocycles. The van der Waals surface area contributed by atoms with E-state index in [1.165, 1.54) is 5.56 Å². The Morgan fingerprint density at radius 1 is 1.24 bits per heavy atom. The van der Waals surface area contributed by atoms with Gasteiger partial charge in [0, 0.05) is 25.0 Å². The first kappa shape index (κ1) is 14.0. The molecule has 0 N–H and O–H groups in total. The first-order valence-electron chi connectivity index (χ1n) is 6.10. The van der Waals surface area contributed by atoms with Crippen LogP contribution < -0.4 is 4.90 Å². The second-order valence-electron chi connectivity index (χ2n) is 4.12. The van der Waals surface area contributed by atoms with E-state index in [0.29, 0.717) is 12.3 Å². The van der Waals surface area contributed by atoms with Crippen LogP contribution in [0.15, 0.2) is 24.3 Å². The highest BCUT2D eigenvalue weighted by Crippen LogP contribution is 2.15. The maximum Gasteiger partial charge on any atom is 0.226 e. The third-order valence-corrected chi connectivity index (χ3v) is 3.15. The Kier molecular flexibility index (Phi) is 6.06. The van der Waals surface area contributed by atoms with E-state index in [2.05, 4.69) is 19.1 Å². The molecule has 0 saturated carbocycles. The summed E-state index contributed by atoms with van der Waals surface area (Å²) in [6.07, 6.45) is 3.35. The first-order chi connectivity index (χ1) is 8.19. The number of halogens is 1. The molecule has 1 aromatic rings. The summed E-state index contributed by atoms with van der Waals surface area (Å²) in [5, 5.41) is 0. The quantitative estimate of drug-likeness (QED) is 0.560. The van der Waals surface area contributed by atoms with Gasteiger partial charge in [-0.2, -0.15) is 0 Å². The molecule has 0 fully saturated rings. The van der Waals surface area contributed by atoms with Gasteiger partial charge in [-0.15, -0.1) is 11.6 Å². The number of amides is 1. The first-order valence-corrected chi connectivity index (χ1v) is 6.64. The number of unbranched alkanes of at least 4 members (excludes halogenated alkanes) is 1. The van der Waals surface area contributed by atoms with Gasteiger partial charge in [0.1, 0.15) is 0 Å². The minimum atomic E-state index is 0.152. The lowest BCUT2D eigenvalue weighted by Gasteiger charge is -2.17. The van der Waals surface area contributed by atoms with Crippen LogP contribution in [-0.4, -0.2) is 18.8 Å². The number of aryl methyl sites for hydroxylation is 1. The standard InChI is InChI=1S/C14H20ClNO/c1-3-12-7-9-13(10-8-12)16(2)14(17)6-4-5-11-15/h7-10H,3-6,11H2,1-2H3. The summed E-state index contributed by atoms with van der Waals surface area (Å²) < 4.78 is 0. The van der Waals surface area contributed by atoms with Crippen LogP contribution in [0.2, 0.25) is 0 Å². The number of alkyl halides is 1. The normalized spacial score (nSPS) is 10.3. The zero-order valence-corrected chi connectivity index (χ0v) is 11.3. The molecule has 1 rings (SSSR count). The lowest BCUT2D eigenvalue weighted by molar-refractivity contribution is -0.118. The third kappa shape index (κ3) is 4.39. The van der Waals surface area contributed by atoms with Gasteiger partial charge in [-0.1, -0.05) is 19.1 Å². The van der Waals surface area contributed by atoms with E-state index < -0.39 is 0 Å². The van der Waals surface area contributed by atoms with Gasteiger partial charge >= 0.3 is 0 Å². The molecule has 1 amide bonds. The Morgan fingerprint density at radius 3 is 2.41 bits per heavy atom. The second-order valence-corrected chi connectivity index (χ2v) is 4.50. The van der Waals surface area contributed by atoms with Crippen molar-refractivity contribution < 1.29 is 4.79 Å². The summed E-state index contributed by atoms with van der Waals surface area (Å²) in [4.78, 5) is 13.6. The van der Waals surface area contributed by atoms with Crippen LogP contribution in [0.25, 0.3) is 0 Å². The van der Waals surface area contributed by atoms with Crippen molar-refractivity contribution in [2.45, 2.75) is 32.6 Å². The highest BCUT2D eigenvalue weighted by molar-refractivity contribution is 6.17. The topological polar surface area (TPSA) is 20.3 Å². The Hall–Kier alpha value is -1.02. The number of hydrogen-bond donors (Lipinski definition) is 0. The Labute approximate surface area is 109 Å². The van der Waals surface area contributed by atoms with Crippen LogP contribution in [-0.2, 0) is 11.2 Å². The van der Waals surface area contributed by atoms with Gasteiger partial charge in [0.2, 0.25) is 5.91 Å². The number of carbonyl (C=O) groups excluding carboxylic acids is 1. The van der Waals surface area contributed by atoms with E-state index in [-0.39, 0.29) is 5.91 Å². The van der Waals surface area contributed by atoms with Gasteiger partial charge < -0.3 is 4.90 Å². The van der Waals surface area contributed by atoms with Crippen molar-refractivity contribution >= 4 is 23.2 Å². The molecular weight excluding hydrogens is 234 g/mol. The molecule has 0 heterocycles. The van der Waals surface area contributed by atoms with E-state index in [1.807, 2.05) is 19.2 Å². The van der Waals surface area contributed by atoms with Crippen molar-refractivity contribution in [3.63, 3.8) is 0 Å². The van der Waals surface area contributed by atoms with Crippen LogP contribution in [0, 0.1) is 0 Å². The van der Waals surface area contributed by atoms with Crippen molar-refractivity contribution in [1.29, 1.82) is 0 Å². The number of rotatable bonds is 6.